The lowest BCUT2D eigenvalue weighted by Gasteiger charge is -2.37. The van der Waals surface area contributed by atoms with Gasteiger partial charge in [0.1, 0.15) is 0 Å². The molecule has 0 aromatic heterocycles. The van der Waals surface area contributed by atoms with Crippen LogP contribution in [0.5, 0.6) is 0 Å². The summed E-state index contributed by atoms with van der Waals surface area (Å²) in [7, 11) is -0.644. The first-order valence-electron chi connectivity index (χ1n) is 7.71. The summed E-state index contributed by atoms with van der Waals surface area (Å²) in [5, 5.41) is 0.840. The second-order valence-corrected chi connectivity index (χ2v) is 8.60. The van der Waals surface area contributed by atoms with Crippen molar-refractivity contribution in [1.82, 2.24) is 0 Å². The highest BCUT2D eigenvalue weighted by Crippen LogP contribution is 2.36. The van der Waals surface area contributed by atoms with Crippen molar-refractivity contribution in [2.75, 3.05) is 6.54 Å². The third kappa shape index (κ3) is 3.36. The highest BCUT2D eigenvalue weighted by Gasteiger charge is 2.36. The van der Waals surface area contributed by atoms with Crippen LogP contribution in [0, 0.1) is 17.8 Å². The second kappa shape index (κ2) is 6.51. The highest BCUT2D eigenvalue weighted by molar-refractivity contribution is 7.86. The maximum atomic E-state index is 12.9. The number of rotatable bonds is 3. The summed E-state index contributed by atoms with van der Waals surface area (Å²) >= 11 is 0. The molecule has 0 aromatic carbocycles. The van der Waals surface area contributed by atoms with E-state index in [2.05, 4.69) is 13.8 Å². The van der Waals surface area contributed by atoms with E-state index in [0.717, 1.165) is 24.8 Å². The van der Waals surface area contributed by atoms with Gasteiger partial charge in [0.25, 0.3) is 0 Å². The molecule has 0 amide bonds. The van der Waals surface area contributed by atoms with Gasteiger partial charge in [-0.25, -0.2) is 0 Å². The van der Waals surface area contributed by atoms with Crippen LogP contribution in [0.3, 0.4) is 0 Å². The lowest BCUT2D eigenvalue weighted by molar-refractivity contribution is 0.298. The Balaban J connectivity index is 2.00. The number of nitrogens with two attached hydrogens (primary N) is 1. The van der Waals surface area contributed by atoms with Gasteiger partial charge < -0.3 is 5.73 Å². The van der Waals surface area contributed by atoms with Crippen molar-refractivity contribution in [2.24, 2.45) is 23.5 Å². The Labute approximate surface area is 115 Å². The molecule has 0 aliphatic heterocycles. The molecule has 2 N–H and O–H groups in total. The molecule has 0 spiro atoms. The summed E-state index contributed by atoms with van der Waals surface area (Å²) in [5.74, 6) is 2.02. The molecule has 106 valence electrons. The molecule has 18 heavy (non-hydrogen) atoms. The van der Waals surface area contributed by atoms with Crippen LogP contribution in [0.2, 0.25) is 0 Å². The third-order valence-corrected chi connectivity index (χ3v) is 7.27. The van der Waals surface area contributed by atoms with Gasteiger partial charge in [-0.3, -0.25) is 4.21 Å². The van der Waals surface area contributed by atoms with Crippen molar-refractivity contribution in [1.29, 1.82) is 0 Å². The Morgan fingerprint density at radius 2 is 1.78 bits per heavy atom. The minimum absolute atomic E-state index is 0.383. The molecular weight excluding hydrogens is 242 g/mol. The Kier molecular flexibility index (Phi) is 5.25. The monoisotopic (exact) mass is 271 g/mol. The second-order valence-electron chi connectivity index (χ2n) is 6.67. The number of hydrogen-bond donors (Lipinski definition) is 1. The molecule has 3 heteroatoms. The fraction of sp³-hybridized carbons (Fsp3) is 1.00. The first kappa shape index (κ1) is 14.5. The number of hydrogen-bond acceptors (Lipinski definition) is 2. The lowest BCUT2D eigenvalue weighted by Crippen LogP contribution is -2.41. The third-order valence-electron chi connectivity index (χ3n) is 5.01. The molecule has 0 heterocycles. The SMILES string of the molecule is CC1CCCC(S(=O)C2CC(C)CCC2CN)C1. The van der Waals surface area contributed by atoms with Crippen LogP contribution in [-0.2, 0) is 10.8 Å². The molecule has 2 saturated carbocycles. The molecule has 2 aliphatic carbocycles. The van der Waals surface area contributed by atoms with Crippen LogP contribution in [-0.4, -0.2) is 21.3 Å². The van der Waals surface area contributed by atoms with Gasteiger partial charge in [-0.05, 0) is 50.0 Å². The van der Waals surface area contributed by atoms with Crippen LogP contribution in [0.1, 0.15) is 58.8 Å². The molecule has 0 saturated heterocycles. The summed E-state index contributed by atoms with van der Waals surface area (Å²) in [5.41, 5.74) is 5.90. The predicted octanol–water partition coefficient (Wildman–Crippen LogP) is 3.08. The Morgan fingerprint density at radius 1 is 1.06 bits per heavy atom. The van der Waals surface area contributed by atoms with Gasteiger partial charge in [-0.2, -0.15) is 0 Å². The Hall–Kier alpha value is 0.110. The predicted molar refractivity (Wildman–Crippen MR) is 78.9 cm³/mol. The van der Waals surface area contributed by atoms with Crippen LogP contribution in [0.4, 0.5) is 0 Å². The largest absolute Gasteiger partial charge is 0.330 e. The van der Waals surface area contributed by atoms with Crippen molar-refractivity contribution in [2.45, 2.75) is 69.3 Å². The fourth-order valence-corrected chi connectivity index (χ4v) is 6.34. The quantitative estimate of drug-likeness (QED) is 0.857. The Morgan fingerprint density at radius 3 is 2.44 bits per heavy atom. The zero-order valence-corrected chi connectivity index (χ0v) is 12.8. The van der Waals surface area contributed by atoms with Crippen molar-refractivity contribution in [3.05, 3.63) is 0 Å². The zero-order valence-electron chi connectivity index (χ0n) is 11.9. The molecule has 0 aromatic rings. The van der Waals surface area contributed by atoms with Gasteiger partial charge in [-0.15, -0.1) is 0 Å². The van der Waals surface area contributed by atoms with E-state index >= 15 is 0 Å². The minimum Gasteiger partial charge on any atom is -0.330 e. The molecule has 6 atom stereocenters. The fourth-order valence-electron chi connectivity index (χ4n) is 3.78. The maximum Gasteiger partial charge on any atom is 0.0393 e. The summed E-state index contributed by atoms with van der Waals surface area (Å²) in [6, 6.07) is 0. The van der Waals surface area contributed by atoms with Crippen LogP contribution in [0.15, 0.2) is 0 Å². The van der Waals surface area contributed by atoms with Crippen molar-refractivity contribution >= 4 is 10.8 Å². The summed E-state index contributed by atoms with van der Waals surface area (Å²) in [6.07, 6.45) is 8.56. The first-order chi connectivity index (χ1) is 8.61. The Bertz CT molecular complexity index is 294. The molecule has 0 bridgehead atoms. The van der Waals surface area contributed by atoms with Gasteiger partial charge in [0.2, 0.25) is 0 Å². The van der Waals surface area contributed by atoms with Crippen molar-refractivity contribution in [3.8, 4) is 0 Å². The topological polar surface area (TPSA) is 43.1 Å². The highest BCUT2D eigenvalue weighted by atomic mass is 32.2. The summed E-state index contributed by atoms with van der Waals surface area (Å²) in [6.45, 7) is 5.35. The average molecular weight is 271 g/mol. The molecule has 2 aliphatic rings. The van der Waals surface area contributed by atoms with E-state index in [4.69, 9.17) is 5.73 Å². The van der Waals surface area contributed by atoms with Gasteiger partial charge in [0.05, 0.1) is 0 Å². The van der Waals surface area contributed by atoms with Crippen molar-refractivity contribution in [3.63, 3.8) is 0 Å². The van der Waals surface area contributed by atoms with E-state index in [1.54, 1.807) is 0 Å². The first-order valence-corrected chi connectivity index (χ1v) is 8.98. The van der Waals surface area contributed by atoms with E-state index in [9.17, 15) is 4.21 Å². The maximum absolute atomic E-state index is 12.9. The summed E-state index contributed by atoms with van der Waals surface area (Å²) in [4.78, 5) is 0. The van der Waals surface area contributed by atoms with E-state index < -0.39 is 10.8 Å². The van der Waals surface area contributed by atoms with E-state index in [1.165, 1.54) is 38.5 Å². The van der Waals surface area contributed by atoms with E-state index in [-0.39, 0.29) is 0 Å². The van der Waals surface area contributed by atoms with Gasteiger partial charge >= 0.3 is 0 Å². The van der Waals surface area contributed by atoms with Crippen LogP contribution in [0.25, 0.3) is 0 Å². The molecule has 2 rings (SSSR count). The van der Waals surface area contributed by atoms with E-state index in [1.807, 2.05) is 0 Å². The molecular formula is C15H29NOS. The lowest BCUT2D eigenvalue weighted by atomic mass is 9.82. The standard InChI is InChI=1S/C15H29NOS/c1-11-4-3-5-14(8-11)18(17)15-9-12(2)6-7-13(15)10-16/h11-15H,3-10,16H2,1-2H3. The molecule has 0 radical (unpaired) electrons. The van der Waals surface area contributed by atoms with Gasteiger partial charge in [0, 0.05) is 21.3 Å². The molecule has 2 fully saturated rings. The molecule has 6 unspecified atom stereocenters. The van der Waals surface area contributed by atoms with Gasteiger partial charge in [0.15, 0.2) is 0 Å². The van der Waals surface area contributed by atoms with E-state index in [0.29, 0.717) is 16.4 Å². The van der Waals surface area contributed by atoms with Gasteiger partial charge in [-0.1, -0.05) is 33.1 Å². The van der Waals surface area contributed by atoms with Crippen LogP contribution >= 0.6 is 0 Å². The van der Waals surface area contributed by atoms with Crippen molar-refractivity contribution < 1.29 is 4.21 Å². The smallest absolute Gasteiger partial charge is 0.0393 e. The minimum atomic E-state index is -0.644. The zero-order chi connectivity index (χ0) is 13.1. The normalized spacial score (nSPS) is 43.6. The average Bonchev–Trinajstić information content (AvgIpc) is 2.38. The van der Waals surface area contributed by atoms with Crippen LogP contribution < -0.4 is 5.73 Å². The molecule has 2 nitrogen and oxygen atoms in total. The summed E-state index contributed by atoms with van der Waals surface area (Å²) < 4.78 is 12.9.